The molecule has 2 saturated carbocycles. The lowest BCUT2D eigenvalue weighted by atomic mass is 9.99. The Morgan fingerprint density at radius 1 is 0.944 bits per heavy atom. The fourth-order valence-corrected chi connectivity index (χ4v) is 9.36. The molecule has 2 rings (SSSR count). The first-order valence-electron chi connectivity index (χ1n) is 8.11. The van der Waals surface area contributed by atoms with E-state index in [-0.39, 0.29) is 0 Å². The van der Waals surface area contributed by atoms with Crippen LogP contribution in [-0.4, -0.2) is 14.9 Å². The van der Waals surface area contributed by atoms with Gasteiger partial charge >= 0.3 is 0 Å². The summed E-state index contributed by atoms with van der Waals surface area (Å²) < 4.78 is 6.48. The van der Waals surface area contributed by atoms with Gasteiger partial charge in [-0.15, -0.1) is 6.58 Å². The molecule has 0 aromatic heterocycles. The zero-order chi connectivity index (χ0) is 12.8. The molecule has 0 unspecified atom stereocenters. The van der Waals surface area contributed by atoms with Crippen molar-refractivity contribution in [3.63, 3.8) is 0 Å². The summed E-state index contributed by atoms with van der Waals surface area (Å²) in [5.41, 5.74) is 4.06. The summed E-state index contributed by atoms with van der Waals surface area (Å²) in [6.45, 7) is 7.31. The molecule has 2 fully saturated rings. The maximum Gasteiger partial charge on any atom is 0.222 e. The Bertz CT molecular complexity index is 234. The van der Waals surface area contributed by atoms with Crippen LogP contribution in [0.25, 0.3) is 0 Å². The van der Waals surface area contributed by atoms with E-state index in [1.54, 1.807) is 0 Å². The summed E-state index contributed by atoms with van der Waals surface area (Å²) in [5.74, 6) is 0. The van der Waals surface area contributed by atoms with Crippen LogP contribution in [0.4, 0.5) is 0 Å². The second kappa shape index (κ2) is 6.90. The van der Waals surface area contributed by atoms with Crippen molar-refractivity contribution in [1.82, 2.24) is 0 Å². The zero-order valence-electron chi connectivity index (χ0n) is 12.1. The van der Waals surface area contributed by atoms with Crippen molar-refractivity contribution < 1.29 is 4.43 Å². The normalized spacial score (nSPS) is 24.1. The number of rotatable bonds is 5. The Hall–Kier alpha value is -0.0831. The fourth-order valence-electron chi connectivity index (χ4n) is 4.32. The van der Waals surface area contributed by atoms with Crippen LogP contribution in [-0.2, 0) is 4.43 Å². The highest BCUT2D eigenvalue weighted by molar-refractivity contribution is 6.81. The Kier molecular flexibility index (Phi) is 5.50. The van der Waals surface area contributed by atoms with Crippen LogP contribution in [0.2, 0.25) is 11.1 Å². The predicted octanol–water partition coefficient (Wildman–Crippen LogP) is 5.36. The molecule has 18 heavy (non-hydrogen) atoms. The van der Waals surface area contributed by atoms with Crippen LogP contribution >= 0.6 is 0 Å². The van der Waals surface area contributed by atoms with Gasteiger partial charge in [-0.1, -0.05) is 69.9 Å². The van der Waals surface area contributed by atoms with Crippen LogP contribution in [0.15, 0.2) is 12.3 Å². The van der Waals surface area contributed by atoms with Gasteiger partial charge in [-0.05, 0) is 18.0 Å². The van der Waals surface area contributed by atoms with Crippen molar-refractivity contribution >= 4 is 8.32 Å². The average molecular weight is 267 g/mol. The van der Waals surface area contributed by atoms with Gasteiger partial charge in [0.1, 0.15) is 0 Å². The first-order valence-corrected chi connectivity index (χ1v) is 10.2. The third-order valence-electron chi connectivity index (χ3n) is 5.20. The summed E-state index contributed by atoms with van der Waals surface area (Å²) in [6.07, 6.45) is 14.2. The molecule has 0 N–H and O–H groups in total. The smallest absolute Gasteiger partial charge is 0.222 e. The quantitative estimate of drug-likeness (QED) is 0.608. The molecule has 0 aromatic rings. The molecule has 0 heterocycles. The highest BCUT2D eigenvalue weighted by Crippen LogP contribution is 2.49. The molecule has 2 heteroatoms. The summed E-state index contributed by atoms with van der Waals surface area (Å²) in [4.78, 5) is 0. The predicted molar refractivity (Wildman–Crippen MR) is 81.2 cm³/mol. The molecular weight excluding hydrogens is 236 g/mol. The average Bonchev–Trinajstić information content (AvgIpc) is 2.47. The zero-order valence-corrected chi connectivity index (χ0v) is 13.1. The summed E-state index contributed by atoms with van der Waals surface area (Å²) >= 11 is 0. The monoisotopic (exact) mass is 266 g/mol. The molecule has 0 aliphatic heterocycles. The highest BCUT2D eigenvalue weighted by Gasteiger charge is 2.47. The van der Waals surface area contributed by atoms with E-state index in [9.17, 15) is 0 Å². The van der Waals surface area contributed by atoms with Crippen molar-refractivity contribution in [1.29, 1.82) is 0 Å². The molecular formula is C16H30OSi. The molecule has 104 valence electrons. The third-order valence-corrected chi connectivity index (χ3v) is 10.3. The van der Waals surface area contributed by atoms with E-state index in [1.807, 2.05) is 0 Å². The molecule has 0 amide bonds. The van der Waals surface area contributed by atoms with Crippen LogP contribution in [0.1, 0.15) is 71.1 Å². The van der Waals surface area contributed by atoms with Gasteiger partial charge < -0.3 is 4.43 Å². The topological polar surface area (TPSA) is 9.23 Å². The lowest BCUT2D eigenvalue weighted by Gasteiger charge is -2.44. The van der Waals surface area contributed by atoms with Gasteiger partial charge in [0.15, 0.2) is 0 Å². The van der Waals surface area contributed by atoms with Crippen molar-refractivity contribution in [2.45, 2.75) is 82.2 Å². The van der Waals surface area contributed by atoms with Crippen molar-refractivity contribution in [3.05, 3.63) is 12.3 Å². The van der Waals surface area contributed by atoms with E-state index in [0.29, 0.717) is 0 Å². The third kappa shape index (κ3) is 2.90. The first-order chi connectivity index (χ1) is 8.83. The van der Waals surface area contributed by atoms with Crippen molar-refractivity contribution in [2.75, 3.05) is 6.61 Å². The van der Waals surface area contributed by atoms with E-state index in [1.165, 1.54) is 64.2 Å². The molecule has 0 atom stereocenters. The Balaban J connectivity index is 2.16. The Morgan fingerprint density at radius 3 is 1.72 bits per heavy atom. The van der Waals surface area contributed by atoms with Gasteiger partial charge in [-0.3, -0.25) is 0 Å². The first kappa shape index (κ1) is 14.3. The lowest BCUT2D eigenvalue weighted by Crippen LogP contribution is -2.48. The maximum atomic E-state index is 6.48. The molecule has 1 nitrogen and oxygen atoms in total. The van der Waals surface area contributed by atoms with Gasteiger partial charge in [0, 0.05) is 6.61 Å². The molecule has 0 bridgehead atoms. The maximum absolute atomic E-state index is 6.48. The van der Waals surface area contributed by atoms with Crippen molar-refractivity contribution in [3.8, 4) is 0 Å². The molecule has 2 aliphatic rings. The molecule has 0 spiro atoms. The second-order valence-corrected chi connectivity index (χ2v) is 10.2. The molecule has 2 aliphatic carbocycles. The largest absolute Gasteiger partial charge is 0.413 e. The van der Waals surface area contributed by atoms with Crippen LogP contribution in [0.5, 0.6) is 0 Å². The minimum Gasteiger partial charge on any atom is -0.413 e. The van der Waals surface area contributed by atoms with Crippen LogP contribution < -0.4 is 0 Å². The van der Waals surface area contributed by atoms with Crippen LogP contribution in [0, 0.1) is 0 Å². The fraction of sp³-hybridized carbons (Fsp3) is 0.875. The van der Waals surface area contributed by atoms with E-state index in [2.05, 4.69) is 19.2 Å². The van der Waals surface area contributed by atoms with E-state index in [0.717, 1.165) is 17.7 Å². The Labute approximate surface area is 114 Å². The van der Waals surface area contributed by atoms with E-state index in [4.69, 9.17) is 4.43 Å². The van der Waals surface area contributed by atoms with Gasteiger partial charge in [0.2, 0.25) is 8.32 Å². The Morgan fingerprint density at radius 2 is 1.39 bits per heavy atom. The van der Waals surface area contributed by atoms with E-state index >= 15 is 0 Å². The molecule has 0 saturated heterocycles. The van der Waals surface area contributed by atoms with Gasteiger partial charge in [0.05, 0.1) is 0 Å². The number of hydrogen-bond acceptors (Lipinski definition) is 1. The molecule has 0 aromatic carbocycles. The molecule has 0 radical (unpaired) electrons. The van der Waals surface area contributed by atoms with Crippen LogP contribution in [0.3, 0.4) is 0 Å². The SMILES string of the molecule is C=C[Si](OCC)(C1CCCCC1)C1CCCCC1. The van der Waals surface area contributed by atoms with Gasteiger partial charge in [0.25, 0.3) is 0 Å². The second-order valence-electron chi connectivity index (χ2n) is 6.16. The van der Waals surface area contributed by atoms with Crippen molar-refractivity contribution in [2.24, 2.45) is 0 Å². The standard InChI is InChI=1S/C16H30OSi/c1-3-17-18(4-2,15-11-7-5-8-12-15)16-13-9-6-10-14-16/h4,15-16H,2-3,5-14H2,1H3. The van der Waals surface area contributed by atoms with E-state index < -0.39 is 8.32 Å². The number of hydrogen-bond donors (Lipinski definition) is 0. The minimum absolute atomic E-state index is 0.867. The lowest BCUT2D eigenvalue weighted by molar-refractivity contribution is 0.282. The highest BCUT2D eigenvalue weighted by atomic mass is 28.4. The van der Waals surface area contributed by atoms with Gasteiger partial charge in [-0.25, -0.2) is 0 Å². The summed E-state index contributed by atoms with van der Waals surface area (Å²) in [6, 6.07) is 0. The minimum atomic E-state index is -1.70. The summed E-state index contributed by atoms with van der Waals surface area (Å²) in [5, 5.41) is 0. The summed E-state index contributed by atoms with van der Waals surface area (Å²) in [7, 11) is -1.70. The van der Waals surface area contributed by atoms with Gasteiger partial charge in [-0.2, -0.15) is 0 Å².